The molecule has 0 saturated heterocycles. The van der Waals surface area contributed by atoms with Gasteiger partial charge in [-0.2, -0.15) is 0 Å². The van der Waals surface area contributed by atoms with Gasteiger partial charge in [0.1, 0.15) is 0 Å². The summed E-state index contributed by atoms with van der Waals surface area (Å²) < 4.78 is 0. The molecule has 112 valence electrons. The number of rotatable bonds is 6. The molecule has 0 aliphatic heterocycles. The van der Waals surface area contributed by atoms with Crippen molar-refractivity contribution >= 4 is 5.91 Å². The predicted molar refractivity (Wildman–Crippen MR) is 82.5 cm³/mol. The van der Waals surface area contributed by atoms with E-state index < -0.39 is 0 Å². The van der Waals surface area contributed by atoms with Crippen LogP contribution in [0.4, 0.5) is 0 Å². The van der Waals surface area contributed by atoms with E-state index in [9.17, 15) is 4.79 Å². The molecule has 1 saturated carbocycles. The van der Waals surface area contributed by atoms with Crippen LogP contribution in [0, 0.1) is 11.8 Å². The van der Waals surface area contributed by atoms with Gasteiger partial charge in [-0.15, -0.1) is 0 Å². The second-order valence-electron chi connectivity index (χ2n) is 5.42. The maximum Gasteiger partial charge on any atom is 0.225 e. The summed E-state index contributed by atoms with van der Waals surface area (Å²) in [6.45, 7) is 5.46. The van der Waals surface area contributed by atoms with Crippen LogP contribution in [0.1, 0.15) is 38.3 Å². The first-order valence-electron chi connectivity index (χ1n) is 7.60. The van der Waals surface area contributed by atoms with Gasteiger partial charge in [0, 0.05) is 23.9 Å². The van der Waals surface area contributed by atoms with Crippen molar-refractivity contribution in [1.29, 1.82) is 0 Å². The van der Waals surface area contributed by atoms with Gasteiger partial charge in [-0.3, -0.25) is 4.79 Å². The second-order valence-corrected chi connectivity index (χ2v) is 5.42. The van der Waals surface area contributed by atoms with Crippen LogP contribution in [0.5, 0.6) is 0 Å². The molecule has 21 heavy (non-hydrogen) atoms. The molecular weight excluding hydrogens is 264 g/mol. The maximum absolute atomic E-state index is 12.5. The third kappa shape index (κ3) is 3.19. The van der Waals surface area contributed by atoms with Crippen LogP contribution in [-0.2, 0) is 4.79 Å². The number of carbonyl (C=O) groups excluding carboxylic acids is 1. The number of nitrogens with zero attached hydrogens (tertiary/aromatic N) is 4. The summed E-state index contributed by atoms with van der Waals surface area (Å²) >= 11 is 0. The largest absolute Gasteiger partial charge is 0.343 e. The lowest BCUT2D eigenvalue weighted by atomic mass is 9.67. The van der Waals surface area contributed by atoms with E-state index in [1.54, 1.807) is 0 Å². The van der Waals surface area contributed by atoms with Crippen LogP contribution in [0.2, 0.25) is 0 Å². The molecule has 1 aromatic rings. The Hall–Kier alpha value is -2.00. The first-order chi connectivity index (χ1) is 10.2. The normalized spacial score (nSPS) is 21.8. The van der Waals surface area contributed by atoms with Gasteiger partial charge in [-0.05, 0) is 43.7 Å². The molecule has 0 heterocycles. The van der Waals surface area contributed by atoms with E-state index in [0.717, 1.165) is 31.5 Å². The highest BCUT2D eigenvalue weighted by molar-refractivity contribution is 5.80. The van der Waals surface area contributed by atoms with Gasteiger partial charge >= 0.3 is 0 Å². The Morgan fingerprint density at radius 2 is 2.00 bits per heavy atom. The van der Waals surface area contributed by atoms with Gasteiger partial charge in [0.15, 0.2) is 0 Å². The van der Waals surface area contributed by atoms with Gasteiger partial charge < -0.3 is 4.90 Å². The SMILES string of the molecule is CCN(CC)C(=O)C1CCC1C(N=[N+]=[N-])c1ccccc1. The molecule has 2 rings (SSSR count). The van der Waals surface area contributed by atoms with E-state index in [-0.39, 0.29) is 23.8 Å². The van der Waals surface area contributed by atoms with Crippen LogP contribution in [0.15, 0.2) is 35.4 Å². The molecule has 0 aromatic heterocycles. The summed E-state index contributed by atoms with van der Waals surface area (Å²) in [5.74, 6) is 0.308. The van der Waals surface area contributed by atoms with Crippen LogP contribution >= 0.6 is 0 Å². The summed E-state index contributed by atoms with van der Waals surface area (Å²) in [6, 6.07) is 9.52. The summed E-state index contributed by atoms with van der Waals surface area (Å²) in [7, 11) is 0. The molecule has 3 atom stereocenters. The Balaban J connectivity index is 2.19. The number of benzene rings is 1. The lowest BCUT2D eigenvalue weighted by Gasteiger charge is -2.41. The molecule has 0 spiro atoms. The molecule has 0 bridgehead atoms. The van der Waals surface area contributed by atoms with E-state index >= 15 is 0 Å². The lowest BCUT2D eigenvalue weighted by molar-refractivity contribution is -0.141. The fourth-order valence-corrected chi connectivity index (χ4v) is 3.09. The number of amides is 1. The zero-order valence-corrected chi connectivity index (χ0v) is 12.6. The van der Waals surface area contributed by atoms with E-state index in [4.69, 9.17) is 5.53 Å². The van der Waals surface area contributed by atoms with Crippen molar-refractivity contribution in [3.63, 3.8) is 0 Å². The molecule has 0 radical (unpaired) electrons. The molecule has 0 N–H and O–H groups in total. The van der Waals surface area contributed by atoms with Crippen LogP contribution < -0.4 is 0 Å². The van der Waals surface area contributed by atoms with Crippen LogP contribution in [0.3, 0.4) is 0 Å². The van der Waals surface area contributed by atoms with Crippen molar-refractivity contribution in [2.75, 3.05) is 13.1 Å². The monoisotopic (exact) mass is 286 g/mol. The first kappa shape index (κ1) is 15.4. The number of carbonyl (C=O) groups is 1. The first-order valence-corrected chi connectivity index (χ1v) is 7.60. The highest BCUT2D eigenvalue weighted by atomic mass is 16.2. The van der Waals surface area contributed by atoms with Gasteiger partial charge in [-0.1, -0.05) is 35.4 Å². The summed E-state index contributed by atoms with van der Waals surface area (Å²) in [4.78, 5) is 17.4. The highest BCUT2D eigenvalue weighted by Crippen LogP contribution is 2.45. The van der Waals surface area contributed by atoms with Gasteiger partial charge in [-0.25, -0.2) is 0 Å². The van der Waals surface area contributed by atoms with E-state index in [0.29, 0.717) is 0 Å². The third-order valence-corrected chi connectivity index (χ3v) is 4.44. The molecule has 1 aromatic carbocycles. The Morgan fingerprint density at radius 1 is 1.33 bits per heavy atom. The molecule has 5 heteroatoms. The summed E-state index contributed by atoms with van der Waals surface area (Å²) in [5, 5.41) is 3.97. The molecule has 1 fully saturated rings. The minimum Gasteiger partial charge on any atom is -0.343 e. The fraction of sp³-hybridized carbons (Fsp3) is 0.562. The standard InChI is InChI=1S/C16H22N4O/c1-3-20(4-2)16(21)14-11-10-13(14)15(18-19-17)12-8-6-5-7-9-12/h5-9,13-15H,3-4,10-11H2,1-2H3. The zero-order chi connectivity index (χ0) is 15.2. The van der Waals surface area contributed by atoms with Gasteiger partial charge in [0.25, 0.3) is 0 Å². The topological polar surface area (TPSA) is 69.1 Å². The summed E-state index contributed by atoms with van der Waals surface area (Å²) in [6.07, 6.45) is 1.83. The maximum atomic E-state index is 12.5. The van der Waals surface area contributed by atoms with E-state index in [2.05, 4.69) is 10.0 Å². The van der Waals surface area contributed by atoms with Gasteiger partial charge in [0.05, 0.1) is 6.04 Å². The van der Waals surface area contributed by atoms with Crippen molar-refractivity contribution in [3.05, 3.63) is 46.3 Å². The van der Waals surface area contributed by atoms with E-state index in [1.807, 2.05) is 49.1 Å². The molecule has 5 nitrogen and oxygen atoms in total. The Labute approximate surface area is 125 Å². The molecular formula is C16H22N4O. The fourth-order valence-electron chi connectivity index (χ4n) is 3.09. The van der Waals surface area contributed by atoms with Crippen molar-refractivity contribution < 1.29 is 4.79 Å². The third-order valence-electron chi connectivity index (χ3n) is 4.44. The highest BCUT2D eigenvalue weighted by Gasteiger charge is 2.42. The van der Waals surface area contributed by atoms with Crippen LogP contribution in [0.25, 0.3) is 10.4 Å². The average Bonchev–Trinajstić information content (AvgIpc) is 2.48. The Morgan fingerprint density at radius 3 is 2.48 bits per heavy atom. The predicted octanol–water partition coefficient (Wildman–Crippen LogP) is 3.93. The Kier molecular flexibility index (Phi) is 5.23. The molecule has 1 aliphatic rings. The zero-order valence-electron chi connectivity index (χ0n) is 12.6. The van der Waals surface area contributed by atoms with Crippen molar-refractivity contribution in [3.8, 4) is 0 Å². The average molecular weight is 286 g/mol. The number of azide groups is 1. The second kappa shape index (κ2) is 7.14. The van der Waals surface area contributed by atoms with Crippen LogP contribution in [-0.4, -0.2) is 23.9 Å². The summed E-state index contributed by atoms with van der Waals surface area (Å²) in [5.41, 5.74) is 9.85. The number of hydrogen-bond acceptors (Lipinski definition) is 2. The Bertz CT molecular complexity index is 520. The van der Waals surface area contributed by atoms with E-state index in [1.165, 1.54) is 0 Å². The minimum atomic E-state index is -0.241. The molecule has 3 unspecified atom stereocenters. The smallest absolute Gasteiger partial charge is 0.225 e. The van der Waals surface area contributed by atoms with Crippen molar-refractivity contribution in [2.45, 2.75) is 32.7 Å². The van der Waals surface area contributed by atoms with Gasteiger partial charge in [0.2, 0.25) is 5.91 Å². The lowest BCUT2D eigenvalue weighted by Crippen LogP contribution is -2.45. The minimum absolute atomic E-state index is 0.0133. The van der Waals surface area contributed by atoms with Crippen molar-refractivity contribution in [2.24, 2.45) is 17.0 Å². The molecule has 1 amide bonds. The quantitative estimate of drug-likeness (QED) is 0.443. The van der Waals surface area contributed by atoms with Crippen molar-refractivity contribution in [1.82, 2.24) is 4.90 Å². The molecule has 1 aliphatic carbocycles. The number of hydrogen-bond donors (Lipinski definition) is 0.